The predicted octanol–water partition coefficient (Wildman–Crippen LogP) is 19.2. The summed E-state index contributed by atoms with van der Waals surface area (Å²) in [7, 11) is 0. The molecule has 4 aliphatic rings. The highest BCUT2D eigenvalue weighted by atomic mass is 32.1. The minimum absolute atomic E-state index is 0.655. The van der Waals surface area contributed by atoms with Crippen molar-refractivity contribution in [3.63, 3.8) is 0 Å². The highest BCUT2D eigenvalue weighted by Gasteiger charge is 2.25. The fourth-order valence-corrected chi connectivity index (χ4v) is 13.6. The van der Waals surface area contributed by atoms with Gasteiger partial charge in [-0.15, -0.1) is 11.3 Å². The topological polar surface area (TPSA) is 6.48 Å². The Morgan fingerprint density at radius 3 is 1.10 bits per heavy atom. The van der Waals surface area contributed by atoms with E-state index < -0.39 is 0 Å². The Hall–Kier alpha value is -4.86. The maximum Gasteiger partial charge on any atom is 0.0640 e. The van der Waals surface area contributed by atoms with Crippen molar-refractivity contribution in [2.45, 2.75) is 152 Å². The Kier molecular flexibility index (Phi) is 12.1. The quantitative estimate of drug-likeness (QED) is 0.135. The molecule has 0 unspecified atom stereocenters. The van der Waals surface area contributed by atoms with Crippen LogP contribution in [0.15, 0.2) is 133 Å². The zero-order chi connectivity index (χ0) is 42.0. The molecular formula is C60H66N2S. The van der Waals surface area contributed by atoms with Crippen LogP contribution in [0.1, 0.15) is 174 Å². The fraction of sp³-hybridized carbons (Fsp3) is 0.400. The molecule has 0 spiro atoms. The first-order valence-electron chi connectivity index (χ1n) is 25.2. The van der Waals surface area contributed by atoms with E-state index in [4.69, 9.17) is 0 Å². The number of fused-ring (bicyclic) bond motifs is 3. The molecule has 2 nitrogen and oxygen atoms in total. The summed E-state index contributed by atoms with van der Waals surface area (Å²) in [5.41, 5.74) is 13.7. The molecule has 0 aliphatic heterocycles. The third-order valence-corrected chi connectivity index (χ3v) is 17.0. The molecule has 63 heavy (non-hydrogen) atoms. The van der Waals surface area contributed by atoms with E-state index in [2.05, 4.69) is 143 Å². The Morgan fingerprint density at radius 1 is 0.317 bits per heavy atom. The first-order chi connectivity index (χ1) is 31.2. The lowest BCUT2D eigenvalue weighted by molar-refractivity contribution is 0.443. The summed E-state index contributed by atoms with van der Waals surface area (Å²) in [4.78, 5) is 5.18. The Labute approximate surface area is 381 Å². The summed E-state index contributed by atoms with van der Waals surface area (Å²) in [6.07, 6.45) is 26.8. The average Bonchev–Trinajstić information content (AvgIpc) is 3.74. The van der Waals surface area contributed by atoms with Crippen LogP contribution in [0.3, 0.4) is 0 Å². The second-order valence-corrected chi connectivity index (χ2v) is 20.9. The molecule has 4 fully saturated rings. The van der Waals surface area contributed by atoms with Gasteiger partial charge in [0.25, 0.3) is 0 Å². The van der Waals surface area contributed by atoms with Crippen LogP contribution in [-0.2, 0) is 0 Å². The summed E-state index contributed by atoms with van der Waals surface area (Å²) in [6, 6.07) is 52.9. The molecule has 3 heteroatoms. The Balaban J connectivity index is 1.04. The van der Waals surface area contributed by atoms with Gasteiger partial charge in [-0.1, -0.05) is 144 Å². The highest BCUT2D eigenvalue weighted by molar-refractivity contribution is 7.26. The minimum atomic E-state index is 0.655. The van der Waals surface area contributed by atoms with Crippen molar-refractivity contribution in [2.24, 2.45) is 0 Å². The molecule has 1 heterocycles. The molecule has 0 amide bonds. The fourth-order valence-electron chi connectivity index (χ4n) is 12.4. The molecule has 0 saturated heterocycles. The van der Waals surface area contributed by atoms with Gasteiger partial charge in [0.15, 0.2) is 0 Å². The van der Waals surface area contributed by atoms with Gasteiger partial charge in [0.2, 0.25) is 0 Å². The standard InChI is InChI=1S/C60H66N2S/c1-5-18-43(19-6-1)47-26-13-30-51(38-47)61(52-31-14-27-48(39-52)44-20-7-2-8-21-44)55-36-37-56-57-34-17-35-58(60(57)63-59(56)42-55)62(53-32-15-28-49(40-53)45-22-9-3-10-23-45)54-33-16-29-50(41-54)46-24-11-4-12-25-46/h13-17,26-46H,1-12,18-25H2. The molecule has 0 atom stereocenters. The number of hydrogen-bond donors (Lipinski definition) is 0. The maximum atomic E-state index is 2.61. The molecule has 4 saturated carbocycles. The summed E-state index contributed by atoms with van der Waals surface area (Å²) in [5, 5.41) is 2.69. The molecule has 1 aromatic heterocycles. The third kappa shape index (κ3) is 8.60. The van der Waals surface area contributed by atoms with Crippen LogP contribution in [0.25, 0.3) is 20.2 Å². The van der Waals surface area contributed by atoms with Crippen molar-refractivity contribution >= 4 is 65.6 Å². The normalized spacial score (nSPS) is 18.5. The van der Waals surface area contributed by atoms with Gasteiger partial charge in [-0.05, 0) is 164 Å². The van der Waals surface area contributed by atoms with Crippen molar-refractivity contribution in [3.05, 3.63) is 156 Å². The van der Waals surface area contributed by atoms with Crippen LogP contribution in [0, 0.1) is 0 Å². The largest absolute Gasteiger partial charge is 0.310 e. The summed E-state index contributed by atoms with van der Waals surface area (Å²) >= 11 is 1.98. The van der Waals surface area contributed by atoms with E-state index in [9.17, 15) is 0 Å². The summed E-state index contributed by atoms with van der Waals surface area (Å²) in [5.74, 6) is 2.63. The lowest BCUT2D eigenvalue weighted by Crippen LogP contribution is -2.12. The lowest BCUT2D eigenvalue weighted by atomic mass is 9.83. The van der Waals surface area contributed by atoms with Crippen molar-refractivity contribution < 1.29 is 0 Å². The Bertz CT molecular complexity index is 2520. The number of rotatable bonds is 10. The van der Waals surface area contributed by atoms with Crippen molar-refractivity contribution in [1.29, 1.82) is 0 Å². The number of benzene rings is 6. The van der Waals surface area contributed by atoms with Crippen LogP contribution < -0.4 is 9.80 Å². The van der Waals surface area contributed by atoms with Crippen LogP contribution in [0.4, 0.5) is 34.1 Å². The van der Waals surface area contributed by atoms with Crippen molar-refractivity contribution in [2.75, 3.05) is 9.80 Å². The first-order valence-corrected chi connectivity index (χ1v) is 26.0. The minimum Gasteiger partial charge on any atom is -0.310 e. The smallest absolute Gasteiger partial charge is 0.0640 e. The number of anilines is 6. The van der Waals surface area contributed by atoms with Gasteiger partial charge >= 0.3 is 0 Å². The molecule has 0 bridgehead atoms. The second-order valence-electron chi connectivity index (χ2n) is 19.8. The number of thiophene rings is 1. The van der Waals surface area contributed by atoms with Gasteiger partial charge in [-0.25, -0.2) is 0 Å². The molecule has 7 aromatic rings. The van der Waals surface area contributed by atoms with Gasteiger partial charge in [-0.2, -0.15) is 0 Å². The van der Waals surface area contributed by atoms with Crippen LogP contribution in [0.2, 0.25) is 0 Å². The molecular weight excluding hydrogens is 781 g/mol. The van der Waals surface area contributed by atoms with E-state index in [0.717, 1.165) is 0 Å². The zero-order valence-corrected chi connectivity index (χ0v) is 38.3. The third-order valence-electron chi connectivity index (χ3n) is 15.8. The zero-order valence-electron chi connectivity index (χ0n) is 37.5. The molecule has 0 radical (unpaired) electrons. The van der Waals surface area contributed by atoms with Gasteiger partial charge in [0.05, 0.1) is 10.4 Å². The average molecular weight is 847 g/mol. The van der Waals surface area contributed by atoms with E-state index in [1.54, 1.807) is 0 Å². The van der Waals surface area contributed by atoms with Gasteiger partial charge in [0.1, 0.15) is 0 Å². The van der Waals surface area contributed by atoms with Crippen LogP contribution in [-0.4, -0.2) is 0 Å². The van der Waals surface area contributed by atoms with Gasteiger partial charge in [0, 0.05) is 43.9 Å². The molecule has 11 rings (SSSR count). The van der Waals surface area contributed by atoms with E-state index in [1.165, 1.54) is 205 Å². The first kappa shape index (κ1) is 40.9. The predicted molar refractivity (Wildman–Crippen MR) is 272 cm³/mol. The number of hydrogen-bond acceptors (Lipinski definition) is 3. The van der Waals surface area contributed by atoms with Crippen molar-refractivity contribution in [3.8, 4) is 0 Å². The monoisotopic (exact) mass is 846 g/mol. The molecule has 322 valence electrons. The summed E-state index contributed by atoms with van der Waals surface area (Å²) < 4.78 is 2.71. The van der Waals surface area contributed by atoms with E-state index in [1.807, 2.05) is 11.3 Å². The second kappa shape index (κ2) is 18.7. The van der Waals surface area contributed by atoms with Crippen molar-refractivity contribution in [1.82, 2.24) is 0 Å². The molecule has 4 aliphatic carbocycles. The Morgan fingerprint density at radius 2 is 0.683 bits per heavy atom. The van der Waals surface area contributed by atoms with E-state index in [0.29, 0.717) is 23.7 Å². The van der Waals surface area contributed by atoms with Crippen LogP contribution in [0.5, 0.6) is 0 Å². The van der Waals surface area contributed by atoms with Gasteiger partial charge < -0.3 is 9.80 Å². The summed E-state index contributed by atoms with van der Waals surface area (Å²) in [6.45, 7) is 0. The van der Waals surface area contributed by atoms with E-state index >= 15 is 0 Å². The molecule has 0 N–H and O–H groups in total. The van der Waals surface area contributed by atoms with E-state index in [-0.39, 0.29) is 0 Å². The molecule has 6 aromatic carbocycles. The number of nitrogens with zero attached hydrogens (tertiary/aromatic N) is 2. The van der Waals surface area contributed by atoms with Gasteiger partial charge in [-0.3, -0.25) is 0 Å². The lowest BCUT2D eigenvalue weighted by Gasteiger charge is -2.29. The van der Waals surface area contributed by atoms with Crippen LogP contribution >= 0.6 is 11.3 Å². The SMILES string of the molecule is c1cc(C2CCCCC2)cc(N(c2cccc(C3CCCCC3)c2)c2ccc3c(c2)sc2c(N(c4cccc(C5CCCCC5)c4)c4cccc(C5CCCCC5)c4)cccc23)c1. The highest BCUT2D eigenvalue weighted by Crippen LogP contribution is 2.49. The maximum absolute atomic E-state index is 2.61.